The van der Waals surface area contributed by atoms with Crippen molar-refractivity contribution in [1.82, 2.24) is 0 Å². The molecule has 1 aromatic carbocycles. The van der Waals surface area contributed by atoms with E-state index >= 15 is 0 Å². The average molecular weight is 290 g/mol. The molecule has 0 radical (unpaired) electrons. The summed E-state index contributed by atoms with van der Waals surface area (Å²) >= 11 is 0. The summed E-state index contributed by atoms with van der Waals surface area (Å²) in [6.07, 6.45) is 10.5. The van der Waals surface area contributed by atoms with Crippen molar-refractivity contribution in [1.29, 1.82) is 0 Å². The third kappa shape index (κ3) is 3.90. The van der Waals surface area contributed by atoms with Crippen molar-refractivity contribution in [2.45, 2.75) is 51.4 Å². The lowest BCUT2D eigenvalue weighted by molar-refractivity contribution is 0.483. The predicted molar refractivity (Wildman–Crippen MR) is 87.5 cm³/mol. The highest BCUT2D eigenvalue weighted by molar-refractivity contribution is 5.56. The van der Waals surface area contributed by atoms with Crippen LogP contribution in [0.25, 0.3) is 0 Å². The molecular formula is C18H27FN2. The first-order chi connectivity index (χ1) is 10.3. The maximum absolute atomic E-state index is 14.3. The smallest absolute Gasteiger partial charge is 0.148 e. The van der Waals surface area contributed by atoms with Crippen LogP contribution in [0.15, 0.2) is 18.2 Å². The molecule has 21 heavy (non-hydrogen) atoms. The van der Waals surface area contributed by atoms with Crippen molar-refractivity contribution in [3.63, 3.8) is 0 Å². The Bertz CT molecular complexity index is 447. The summed E-state index contributed by atoms with van der Waals surface area (Å²) in [5.74, 6) is 0.677. The monoisotopic (exact) mass is 290 g/mol. The van der Waals surface area contributed by atoms with Gasteiger partial charge in [0, 0.05) is 25.3 Å². The van der Waals surface area contributed by atoms with Crippen LogP contribution in [0, 0.1) is 11.7 Å². The van der Waals surface area contributed by atoms with Crippen molar-refractivity contribution >= 4 is 11.4 Å². The third-order valence-electron chi connectivity index (χ3n) is 4.96. The summed E-state index contributed by atoms with van der Waals surface area (Å²) in [6, 6.07) is 5.65. The lowest BCUT2D eigenvalue weighted by Gasteiger charge is -2.20. The van der Waals surface area contributed by atoms with Crippen LogP contribution in [0.4, 0.5) is 15.8 Å². The Morgan fingerprint density at radius 2 is 1.71 bits per heavy atom. The Balaban J connectivity index is 1.57. The van der Waals surface area contributed by atoms with Crippen LogP contribution in [0.3, 0.4) is 0 Å². The van der Waals surface area contributed by atoms with Gasteiger partial charge in [0.15, 0.2) is 0 Å². The van der Waals surface area contributed by atoms with E-state index in [0.717, 1.165) is 36.9 Å². The van der Waals surface area contributed by atoms with Crippen LogP contribution >= 0.6 is 0 Å². The Kier molecular flexibility index (Phi) is 5.00. The minimum absolute atomic E-state index is 0.0808. The van der Waals surface area contributed by atoms with Gasteiger partial charge < -0.3 is 10.2 Å². The Morgan fingerprint density at radius 3 is 2.38 bits per heavy atom. The average Bonchev–Trinajstić information content (AvgIpc) is 2.89. The van der Waals surface area contributed by atoms with Gasteiger partial charge in [-0.2, -0.15) is 0 Å². The summed E-state index contributed by atoms with van der Waals surface area (Å²) < 4.78 is 14.3. The van der Waals surface area contributed by atoms with Crippen molar-refractivity contribution in [3.8, 4) is 0 Å². The molecule has 0 amide bonds. The van der Waals surface area contributed by atoms with Crippen LogP contribution < -0.4 is 10.2 Å². The molecule has 0 unspecified atom stereocenters. The maximum Gasteiger partial charge on any atom is 0.148 e. The summed E-state index contributed by atoms with van der Waals surface area (Å²) in [7, 11) is 0. The second kappa shape index (κ2) is 7.15. The van der Waals surface area contributed by atoms with Crippen molar-refractivity contribution in [3.05, 3.63) is 24.0 Å². The lowest BCUT2D eigenvalue weighted by atomic mass is 10.0. The van der Waals surface area contributed by atoms with E-state index in [2.05, 4.69) is 10.2 Å². The second-order valence-corrected chi connectivity index (χ2v) is 6.60. The number of halogens is 1. The van der Waals surface area contributed by atoms with Crippen molar-refractivity contribution in [2.24, 2.45) is 5.92 Å². The number of nitrogens with zero attached hydrogens (tertiary/aromatic N) is 1. The number of hydrogen-bond acceptors (Lipinski definition) is 2. The molecule has 1 aliphatic heterocycles. The summed E-state index contributed by atoms with van der Waals surface area (Å²) in [5, 5.41) is 3.44. The van der Waals surface area contributed by atoms with Gasteiger partial charge in [-0.1, -0.05) is 25.7 Å². The molecule has 2 nitrogen and oxygen atoms in total. The van der Waals surface area contributed by atoms with Crippen LogP contribution in [0.5, 0.6) is 0 Å². The zero-order valence-electron chi connectivity index (χ0n) is 12.9. The van der Waals surface area contributed by atoms with E-state index < -0.39 is 0 Å². The third-order valence-corrected chi connectivity index (χ3v) is 4.96. The first kappa shape index (κ1) is 14.7. The first-order valence-electron chi connectivity index (χ1n) is 8.61. The predicted octanol–water partition coefficient (Wildman–Crippen LogP) is 4.81. The zero-order chi connectivity index (χ0) is 14.5. The van der Waals surface area contributed by atoms with Crippen LogP contribution in [-0.2, 0) is 0 Å². The van der Waals surface area contributed by atoms with Crippen molar-refractivity contribution in [2.75, 3.05) is 29.9 Å². The van der Waals surface area contributed by atoms with E-state index in [9.17, 15) is 4.39 Å². The molecule has 2 fully saturated rings. The van der Waals surface area contributed by atoms with E-state index in [4.69, 9.17) is 0 Å². The molecule has 1 aromatic rings. The molecule has 0 aromatic heterocycles. The highest BCUT2D eigenvalue weighted by atomic mass is 19.1. The molecule has 0 spiro atoms. The Labute approximate surface area is 127 Å². The molecule has 0 atom stereocenters. The lowest BCUT2D eigenvalue weighted by Crippen LogP contribution is -2.19. The number of anilines is 2. The summed E-state index contributed by atoms with van der Waals surface area (Å²) in [6.45, 7) is 2.97. The molecular weight excluding hydrogens is 263 g/mol. The van der Waals surface area contributed by atoms with Gasteiger partial charge in [0.05, 0.1) is 5.69 Å². The van der Waals surface area contributed by atoms with Crippen molar-refractivity contribution < 1.29 is 4.39 Å². The highest BCUT2D eigenvalue weighted by Gasteiger charge is 2.16. The van der Waals surface area contributed by atoms with Gasteiger partial charge in [-0.15, -0.1) is 0 Å². The molecule has 2 aliphatic rings. The molecule has 1 heterocycles. The Hall–Kier alpha value is -1.25. The fourth-order valence-corrected chi connectivity index (χ4v) is 3.66. The first-order valence-corrected chi connectivity index (χ1v) is 8.61. The second-order valence-electron chi connectivity index (χ2n) is 6.60. The molecule has 1 aliphatic carbocycles. The number of rotatable bonds is 4. The fraction of sp³-hybridized carbons (Fsp3) is 0.667. The van der Waals surface area contributed by atoms with Gasteiger partial charge in [-0.25, -0.2) is 4.39 Å². The quantitative estimate of drug-likeness (QED) is 0.801. The van der Waals surface area contributed by atoms with E-state index in [1.165, 1.54) is 51.4 Å². The molecule has 3 rings (SSSR count). The fourth-order valence-electron chi connectivity index (χ4n) is 3.66. The van der Waals surface area contributed by atoms with E-state index in [-0.39, 0.29) is 5.82 Å². The van der Waals surface area contributed by atoms with Gasteiger partial charge in [0.2, 0.25) is 0 Å². The van der Waals surface area contributed by atoms with E-state index in [1.807, 2.05) is 12.1 Å². The number of hydrogen-bond donors (Lipinski definition) is 1. The maximum atomic E-state index is 14.3. The van der Waals surface area contributed by atoms with Gasteiger partial charge in [-0.05, 0) is 49.8 Å². The van der Waals surface area contributed by atoms with Gasteiger partial charge >= 0.3 is 0 Å². The standard InChI is InChI=1S/C18H27FN2/c19-17-13-16(9-10-18(17)21-11-5-6-12-21)20-14-15-7-3-1-2-4-8-15/h9-10,13,15,20H,1-8,11-12,14H2. The van der Waals surface area contributed by atoms with Crippen LogP contribution in [0.2, 0.25) is 0 Å². The molecule has 1 saturated heterocycles. The summed E-state index contributed by atoms with van der Waals surface area (Å²) in [4.78, 5) is 2.16. The SMILES string of the molecule is Fc1cc(NCC2CCCCCC2)ccc1N1CCCC1. The zero-order valence-corrected chi connectivity index (χ0v) is 12.9. The molecule has 116 valence electrons. The number of benzene rings is 1. The molecule has 1 N–H and O–H groups in total. The summed E-state index contributed by atoms with van der Waals surface area (Å²) in [5.41, 5.74) is 1.70. The largest absolute Gasteiger partial charge is 0.385 e. The molecule has 3 heteroatoms. The minimum atomic E-state index is -0.0808. The van der Waals surface area contributed by atoms with Gasteiger partial charge in [0.1, 0.15) is 5.82 Å². The minimum Gasteiger partial charge on any atom is -0.385 e. The molecule has 1 saturated carbocycles. The normalized spacial score (nSPS) is 20.5. The van der Waals surface area contributed by atoms with E-state index in [1.54, 1.807) is 6.07 Å². The van der Waals surface area contributed by atoms with Crippen LogP contribution in [-0.4, -0.2) is 19.6 Å². The topological polar surface area (TPSA) is 15.3 Å². The molecule has 0 bridgehead atoms. The van der Waals surface area contributed by atoms with Gasteiger partial charge in [-0.3, -0.25) is 0 Å². The van der Waals surface area contributed by atoms with Crippen LogP contribution in [0.1, 0.15) is 51.4 Å². The van der Waals surface area contributed by atoms with E-state index in [0.29, 0.717) is 0 Å². The highest BCUT2D eigenvalue weighted by Crippen LogP contribution is 2.27. The Morgan fingerprint density at radius 1 is 1.00 bits per heavy atom. The van der Waals surface area contributed by atoms with Gasteiger partial charge in [0.25, 0.3) is 0 Å². The number of nitrogens with one attached hydrogen (secondary N) is 1.